The summed E-state index contributed by atoms with van der Waals surface area (Å²) in [5, 5.41) is 30.1. The molecule has 0 aromatic heterocycles. The van der Waals surface area contributed by atoms with Gasteiger partial charge in [0.15, 0.2) is 0 Å². The van der Waals surface area contributed by atoms with Crippen molar-refractivity contribution in [1.82, 2.24) is 0 Å². The highest BCUT2D eigenvalue weighted by Crippen LogP contribution is 2.20. The molecule has 0 heterocycles. The number of hydrogen-bond acceptors (Lipinski definition) is 6. The molecule has 0 amide bonds. The largest absolute Gasteiger partial charge is 0.278 e. The Morgan fingerprint density at radius 1 is 0.750 bits per heavy atom. The molecule has 8 nitrogen and oxygen atoms in total. The van der Waals surface area contributed by atoms with Crippen LogP contribution in [0.5, 0.6) is 0 Å². The minimum absolute atomic E-state index is 0.0719. The van der Waals surface area contributed by atoms with Gasteiger partial charge in [-0.15, -0.1) is 0 Å². The average molecular weight is 326 g/mol. The number of benzene rings is 2. The molecule has 0 bridgehead atoms. The van der Waals surface area contributed by atoms with Gasteiger partial charge in [0.25, 0.3) is 11.4 Å². The molecule has 0 atom stereocenters. The van der Waals surface area contributed by atoms with Crippen molar-refractivity contribution in [1.29, 1.82) is 0 Å². The van der Waals surface area contributed by atoms with Crippen molar-refractivity contribution in [3.05, 3.63) is 79.9 Å². The van der Waals surface area contributed by atoms with Gasteiger partial charge in [-0.3, -0.25) is 20.2 Å². The van der Waals surface area contributed by atoms with Crippen LogP contribution in [0.4, 0.5) is 11.4 Å². The van der Waals surface area contributed by atoms with Crippen molar-refractivity contribution in [2.75, 3.05) is 0 Å². The smallest absolute Gasteiger partial charge is 0.258 e. The van der Waals surface area contributed by atoms with Gasteiger partial charge in [-0.05, 0) is 26.0 Å². The van der Waals surface area contributed by atoms with Gasteiger partial charge in [0.1, 0.15) is 0 Å². The first-order valence-electron chi connectivity index (χ1n) is 6.98. The zero-order chi connectivity index (χ0) is 17.7. The normalized spacial score (nSPS) is 12.1. The van der Waals surface area contributed by atoms with Crippen LogP contribution in [0.2, 0.25) is 0 Å². The Bertz CT molecular complexity index is 787. The topological polar surface area (TPSA) is 111 Å². The maximum absolute atomic E-state index is 11.0. The minimum Gasteiger partial charge on any atom is -0.258 e. The van der Waals surface area contributed by atoms with Crippen LogP contribution in [0.1, 0.15) is 25.0 Å². The molecular formula is C16H14N4O4. The van der Waals surface area contributed by atoms with E-state index in [1.165, 1.54) is 12.1 Å². The van der Waals surface area contributed by atoms with Gasteiger partial charge < -0.3 is 0 Å². The van der Waals surface area contributed by atoms with Crippen molar-refractivity contribution < 1.29 is 9.85 Å². The second-order valence-corrected chi connectivity index (χ2v) is 4.92. The molecule has 24 heavy (non-hydrogen) atoms. The van der Waals surface area contributed by atoms with Crippen LogP contribution < -0.4 is 0 Å². The fourth-order valence-corrected chi connectivity index (χ4v) is 2.14. The molecule has 0 N–H and O–H groups in total. The lowest BCUT2D eigenvalue weighted by molar-refractivity contribution is -0.385. The number of nitro benzene ring substituents is 2. The van der Waals surface area contributed by atoms with E-state index in [-0.39, 0.29) is 11.4 Å². The van der Waals surface area contributed by atoms with Crippen LogP contribution in [0.15, 0.2) is 58.7 Å². The molecule has 0 fully saturated rings. The van der Waals surface area contributed by atoms with Crippen molar-refractivity contribution in [2.24, 2.45) is 10.2 Å². The number of para-hydroxylation sites is 2. The van der Waals surface area contributed by atoms with E-state index < -0.39 is 9.85 Å². The van der Waals surface area contributed by atoms with Gasteiger partial charge >= 0.3 is 0 Å². The average Bonchev–Trinajstić information content (AvgIpc) is 2.59. The highest BCUT2D eigenvalue weighted by atomic mass is 16.6. The van der Waals surface area contributed by atoms with Crippen LogP contribution in [0.25, 0.3) is 0 Å². The summed E-state index contributed by atoms with van der Waals surface area (Å²) in [4.78, 5) is 21.1. The SMILES string of the molecule is C/C(=N\N=C(/C)c1ccccc1[N+](=O)[O-])c1ccccc1[N+](=O)[O-]. The third-order valence-electron chi connectivity index (χ3n) is 3.33. The van der Waals surface area contributed by atoms with Crippen LogP contribution in [-0.4, -0.2) is 21.3 Å². The summed E-state index contributed by atoms with van der Waals surface area (Å²) in [5.74, 6) is 0. The number of nitrogens with zero attached hydrogens (tertiary/aromatic N) is 4. The van der Waals surface area contributed by atoms with Gasteiger partial charge in [0.2, 0.25) is 0 Å². The Balaban J connectivity index is 2.41. The third kappa shape index (κ3) is 3.67. The van der Waals surface area contributed by atoms with E-state index in [1.807, 2.05) is 0 Å². The molecule has 8 heteroatoms. The molecule has 2 rings (SSSR count). The third-order valence-corrected chi connectivity index (χ3v) is 3.33. The van der Waals surface area contributed by atoms with E-state index in [0.717, 1.165) is 0 Å². The minimum atomic E-state index is -0.493. The van der Waals surface area contributed by atoms with Crippen LogP contribution in [0, 0.1) is 20.2 Å². The Morgan fingerprint density at radius 2 is 1.08 bits per heavy atom. The van der Waals surface area contributed by atoms with Crippen LogP contribution in [0.3, 0.4) is 0 Å². The predicted octanol–water partition coefficient (Wildman–Crippen LogP) is 3.74. The highest BCUT2D eigenvalue weighted by molar-refractivity contribution is 6.05. The highest BCUT2D eigenvalue weighted by Gasteiger charge is 2.16. The number of hydrogen-bond donors (Lipinski definition) is 0. The lowest BCUT2D eigenvalue weighted by Crippen LogP contribution is -2.03. The second kappa shape index (κ2) is 7.23. The van der Waals surface area contributed by atoms with E-state index in [9.17, 15) is 20.2 Å². The van der Waals surface area contributed by atoms with Gasteiger partial charge in [-0.1, -0.05) is 24.3 Å². The van der Waals surface area contributed by atoms with Crippen molar-refractivity contribution in [2.45, 2.75) is 13.8 Å². The Morgan fingerprint density at radius 3 is 1.42 bits per heavy atom. The predicted molar refractivity (Wildman–Crippen MR) is 90.6 cm³/mol. The standard InChI is InChI=1S/C16H14N4O4/c1-11(13-7-3-5-9-15(13)19(21)22)17-18-12(2)14-8-4-6-10-16(14)20(23)24/h3-10H,1-2H3/b17-11+,18-12+. The summed E-state index contributed by atoms with van der Waals surface area (Å²) in [5.41, 5.74) is 1.25. The first-order valence-corrected chi connectivity index (χ1v) is 6.98. The van der Waals surface area contributed by atoms with E-state index in [2.05, 4.69) is 10.2 Å². The zero-order valence-electron chi connectivity index (χ0n) is 13.0. The Labute approximate surface area is 137 Å². The van der Waals surface area contributed by atoms with E-state index in [4.69, 9.17) is 0 Å². The van der Waals surface area contributed by atoms with Crippen molar-refractivity contribution >= 4 is 22.8 Å². The van der Waals surface area contributed by atoms with E-state index in [1.54, 1.807) is 50.2 Å². The second-order valence-electron chi connectivity index (χ2n) is 4.92. The summed E-state index contributed by atoms with van der Waals surface area (Å²) in [6.07, 6.45) is 0. The maximum atomic E-state index is 11.0. The summed E-state index contributed by atoms with van der Waals surface area (Å²) in [6.45, 7) is 3.19. The molecule has 0 saturated carbocycles. The van der Waals surface area contributed by atoms with E-state index in [0.29, 0.717) is 22.6 Å². The number of nitro groups is 2. The quantitative estimate of drug-likeness (QED) is 0.473. The molecule has 0 saturated heterocycles. The van der Waals surface area contributed by atoms with Gasteiger partial charge in [0.05, 0.1) is 32.4 Å². The Kier molecular flexibility index (Phi) is 5.10. The maximum Gasteiger partial charge on any atom is 0.278 e. The van der Waals surface area contributed by atoms with Crippen molar-refractivity contribution in [3.8, 4) is 0 Å². The van der Waals surface area contributed by atoms with Gasteiger partial charge in [-0.2, -0.15) is 10.2 Å². The first-order chi connectivity index (χ1) is 11.4. The fraction of sp³-hybridized carbons (Fsp3) is 0.125. The molecule has 0 unspecified atom stereocenters. The lowest BCUT2D eigenvalue weighted by atomic mass is 10.1. The molecule has 0 aliphatic carbocycles. The van der Waals surface area contributed by atoms with E-state index >= 15 is 0 Å². The molecule has 0 aliphatic rings. The molecule has 2 aromatic rings. The monoisotopic (exact) mass is 326 g/mol. The molecule has 2 aromatic carbocycles. The Hall–Kier alpha value is -3.42. The molecule has 0 spiro atoms. The summed E-state index contributed by atoms with van der Waals surface area (Å²) in [7, 11) is 0. The van der Waals surface area contributed by atoms with Crippen LogP contribution >= 0.6 is 0 Å². The fourth-order valence-electron chi connectivity index (χ4n) is 2.14. The molecule has 0 radical (unpaired) electrons. The summed E-state index contributed by atoms with van der Waals surface area (Å²) >= 11 is 0. The zero-order valence-corrected chi connectivity index (χ0v) is 13.0. The molecule has 0 aliphatic heterocycles. The summed E-state index contributed by atoms with van der Waals surface area (Å²) < 4.78 is 0. The molecule has 122 valence electrons. The van der Waals surface area contributed by atoms with Crippen LogP contribution in [-0.2, 0) is 0 Å². The van der Waals surface area contributed by atoms with Crippen molar-refractivity contribution in [3.63, 3.8) is 0 Å². The van der Waals surface area contributed by atoms with Gasteiger partial charge in [0, 0.05) is 12.1 Å². The van der Waals surface area contributed by atoms with Gasteiger partial charge in [-0.25, -0.2) is 0 Å². The first kappa shape index (κ1) is 16.9. The molecular weight excluding hydrogens is 312 g/mol. The lowest BCUT2D eigenvalue weighted by Gasteiger charge is -2.02. The summed E-state index contributed by atoms with van der Waals surface area (Å²) in [6, 6.07) is 12.4. The number of rotatable bonds is 5.